The average molecular weight is 512 g/mol. The fourth-order valence-corrected chi connectivity index (χ4v) is 6.01. The molecule has 0 fully saturated rings. The molecule has 0 aliphatic rings. The van der Waals surface area contributed by atoms with Gasteiger partial charge >= 0.3 is 0 Å². The second kappa shape index (κ2) is 9.14. The van der Waals surface area contributed by atoms with Crippen LogP contribution in [0.2, 0.25) is 0 Å². The first kappa shape index (κ1) is 22.6. The molecular formula is C38H25NO. The smallest absolute Gasteiger partial charge is 0.137 e. The van der Waals surface area contributed by atoms with Crippen molar-refractivity contribution < 1.29 is 4.42 Å². The van der Waals surface area contributed by atoms with E-state index in [1.807, 2.05) is 30.3 Å². The zero-order chi connectivity index (χ0) is 26.5. The molecule has 0 saturated heterocycles. The van der Waals surface area contributed by atoms with Crippen molar-refractivity contribution in [2.24, 2.45) is 0 Å². The van der Waals surface area contributed by atoms with Crippen LogP contribution in [-0.4, -0.2) is 0 Å². The number of nitrogens with one attached hydrogen (secondary N) is 1. The largest absolute Gasteiger partial charge is 0.456 e. The van der Waals surface area contributed by atoms with Crippen molar-refractivity contribution in [3.63, 3.8) is 0 Å². The predicted molar refractivity (Wildman–Crippen MR) is 169 cm³/mol. The second-order valence-corrected chi connectivity index (χ2v) is 10.2. The van der Waals surface area contributed by atoms with E-state index in [9.17, 15) is 0 Å². The van der Waals surface area contributed by atoms with E-state index in [2.05, 4.69) is 121 Å². The molecule has 0 radical (unpaired) electrons. The summed E-state index contributed by atoms with van der Waals surface area (Å²) in [7, 11) is 0. The van der Waals surface area contributed by atoms with Crippen LogP contribution >= 0.6 is 0 Å². The Kier molecular flexibility index (Phi) is 5.17. The van der Waals surface area contributed by atoms with Crippen LogP contribution in [0.3, 0.4) is 0 Å². The molecule has 188 valence electrons. The minimum absolute atomic E-state index is 0.878. The third kappa shape index (κ3) is 3.65. The summed E-state index contributed by atoms with van der Waals surface area (Å²) in [5, 5.41) is 10.8. The van der Waals surface area contributed by atoms with Gasteiger partial charge in [-0.3, -0.25) is 0 Å². The maximum Gasteiger partial charge on any atom is 0.137 e. The van der Waals surface area contributed by atoms with Gasteiger partial charge in [-0.25, -0.2) is 0 Å². The SMILES string of the molecule is c1ccc(Nc2cccc3oc4ccc(-c5ccc(-c6ccccc6)c6c5ccc5ccccc56)cc4c23)cc1. The molecule has 40 heavy (non-hydrogen) atoms. The first-order chi connectivity index (χ1) is 19.8. The number of fused-ring (bicyclic) bond motifs is 6. The number of benzene rings is 7. The Hall–Kier alpha value is -5.34. The molecular weight excluding hydrogens is 486 g/mol. The Morgan fingerprint density at radius 3 is 2.08 bits per heavy atom. The van der Waals surface area contributed by atoms with Crippen molar-refractivity contribution >= 4 is 54.9 Å². The molecule has 1 aromatic heterocycles. The summed E-state index contributed by atoms with van der Waals surface area (Å²) in [6, 6.07) is 51.5. The van der Waals surface area contributed by atoms with Crippen LogP contribution in [0, 0.1) is 0 Å². The van der Waals surface area contributed by atoms with E-state index >= 15 is 0 Å². The molecule has 0 bridgehead atoms. The van der Waals surface area contributed by atoms with E-state index in [0.29, 0.717) is 0 Å². The van der Waals surface area contributed by atoms with Gasteiger partial charge in [0.1, 0.15) is 11.2 Å². The topological polar surface area (TPSA) is 25.2 Å². The lowest BCUT2D eigenvalue weighted by Gasteiger charge is -2.15. The normalized spacial score (nSPS) is 11.5. The Morgan fingerprint density at radius 1 is 0.425 bits per heavy atom. The van der Waals surface area contributed by atoms with Crippen molar-refractivity contribution in [2.75, 3.05) is 5.32 Å². The number of hydrogen-bond acceptors (Lipinski definition) is 2. The lowest BCUT2D eigenvalue weighted by molar-refractivity contribution is 0.669. The van der Waals surface area contributed by atoms with Crippen LogP contribution in [0.25, 0.3) is 65.7 Å². The molecule has 2 nitrogen and oxygen atoms in total. The summed E-state index contributed by atoms with van der Waals surface area (Å²) in [4.78, 5) is 0. The predicted octanol–water partition coefficient (Wildman–Crippen LogP) is 11.0. The molecule has 0 unspecified atom stereocenters. The Morgan fingerprint density at radius 2 is 1.20 bits per heavy atom. The third-order valence-corrected chi connectivity index (χ3v) is 7.85. The van der Waals surface area contributed by atoms with Crippen LogP contribution < -0.4 is 5.32 Å². The summed E-state index contributed by atoms with van der Waals surface area (Å²) in [5.41, 5.74) is 8.71. The van der Waals surface area contributed by atoms with Crippen LogP contribution in [0.5, 0.6) is 0 Å². The minimum atomic E-state index is 0.878. The van der Waals surface area contributed by atoms with Crippen molar-refractivity contribution in [2.45, 2.75) is 0 Å². The minimum Gasteiger partial charge on any atom is -0.456 e. The van der Waals surface area contributed by atoms with Crippen LogP contribution in [0.1, 0.15) is 0 Å². The Balaban J connectivity index is 1.37. The summed E-state index contributed by atoms with van der Waals surface area (Å²) < 4.78 is 6.30. The van der Waals surface area contributed by atoms with E-state index in [1.165, 1.54) is 43.8 Å². The van der Waals surface area contributed by atoms with Gasteiger partial charge in [-0.2, -0.15) is 0 Å². The lowest BCUT2D eigenvalue weighted by atomic mass is 9.89. The number of para-hydroxylation sites is 1. The van der Waals surface area contributed by atoms with Crippen molar-refractivity contribution in [3.05, 3.63) is 146 Å². The van der Waals surface area contributed by atoms with Crippen molar-refractivity contribution in [3.8, 4) is 22.3 Å². The molecule has 0 atom stereocenters. The van der Waals surface area contributed by atoms with E-state index in [-0.39, 0.29) is 0 Å². The van der Waals surface area contributed by atoms with Crippen LogP contribution in [0.15, 0.2) is 150 Å². The first-order valence-electron chi connectivity index (χ1n) is 13.6. The molecule has 8 rings (SSSR count). The molecule has 7 aromatic carbocycles. The molecule has 0 amide bonds. The highest BCUT2D eigenvalue weighted by molar-refractivity contribution is 6.19. The van der Waals surface area contributed by atoms with E-state index < -0.39 is 0 Å². The molecule has 1 N–H and O–H groups in total. The van der Waals surface area contributed by atoms with Crippen molar-refractivity contribution in [1.82, 2.24) is 0 Å². The van der Waals surface area contributed by atoms with Gasteiger partial charge in [-0.15, -0.1) is 0 Å². The van der Waals surface area contributed by atoms with Gasteiger partial charge in [0, 0.05) is 11.1 Å². The first-order valence-corrected chi connectivity index (χ1v) is 13.6. The highest BCUT2D eigenvalue weighted by Crippen LogP contribution is 2.42. The number of rotatable bonds is 4. The Bertz CT molecular complexity index is 2180. The van der Waals surface area contributed by atoms with Crippen LogP contribution in [0.4, 0.5) is 11.4 Å². The standard InChI is InChI=1S/C38H25NO/c1-3-10-25(11-4-1)31-22-21-29(32-20-18-26-12-7-8-15-30(26)37(31)32)27-19-23-35-33(24-27)38-34(16-9-17-36(38)40-35)39-28-13-5-2-6-14-28/h1-24,39H. The monoisotopic (exact) mass is 511 g/mol. The third-order valence-electron chi connectivity index (χ3n) is 7.85. The van der Waals surface area contributed by atoms with Gasteiger partial charge in [0.25, 0.3) is 0 Å². The zero-order valence-corrected chi connectivity index (χ0v) is 21.8. The average Bonchev–Trinajstić information content (AvgIpc) is 3.40. The zero-order valence-electron chi connectivity index (χ0n) is 21.8. The number of anilines is 2. The summed E-state index contributed by atoms with van der Waals surface area (Å²) in [6.45, 7) is 0. The molecule has 0 spiro atoms. The fraction of sp³-hybridized carbons (Fsp3) is 0. The number of furan rings is 1. The highest BCUT2D eigenvalue weighted by atomic mass is 16.3. The summed E-state index contributed by atoms with van der Waals surface area (Å²) in [6.07, 6.45) is 0. The maximum absolute atomic E-state index is 6.30. The summed E-state index contributed by atoms with van der Waals surface area (Å²) >= 11 is 0. The van der Waals surface area contributed by atoms with E-state index in [4.69, 9.17) is 4.42 Å². The molecule has 0 aliphatic carbocycles. The maximum atomic E-state index is 6.30. The van der Waals surface area contributed by atoms with Gasteiger partial charge in [-0.05, 0) is 80.2 Å². The van der Waals surface area contributed by atoms with Crippen molar-refractivity contribution in [1.29, 1.82) is 0 Å². The highest BCUT2D eigenvalue weighted by Gasteiger charge is 2.16. The quantitative estimate of drug-likeness (QED) is 0.238. The molecule has 1 heterocycles. The second-order valence-electron chi connectivity index (χ2n) is 10.2. The number of hydrogen-bond donors (Lipinski definition) is 1. The molecule has 0 saturated carbocycles. The van der Waals surface area contributed by atoms with E-state index in [1.54, 1.807) is 0 Å². The van der Waals surface area contributed by atoms with E-state index in [0.717, 1.165) is 33.3 Å². The molecule has 8 aromatic rings. The van der Waals surface area contributed by atoms with Crippen LogP contribution in [-0.2, 0) is 0 Å². The van der Waals surface area contributed by atoms with Gasteiger partial charge in [0.15, 0.2) is 0 Å². The molecule has 2 heteroatoms. The fourth-order valence-electron chi connectivity index (χ4n) is 6.01. The molecule has 0 aliphatic heterocycles. The van der Waals surface area contributed by atoms with Gasteiger partial charge < -0.3 is 9.73 Å². The summed E-state index contributed by atoms with van der Waals surface area (Å²) in [5.74, 6) is 0. The Labute approximate surface area is 232 Å². The van der Waals surface area contributed by atoms with Gasteiger partial charge in [-0.1, -0.05) is 109 Å². The van der Waals surface area contributed by atoms with Gasteiger partial charge in [0.2, 0.25) is 0 Å². The lowest BCUT2D eigenvalue weighted by Crippen LogP contribution is -1.90. The van der Waals surface area contributed by atoms with Gasteiger partial charge in [0.05, 0.1) is 11.1 Å².